The van der Waals surface area contributed by atoms with E-state index in [0.29, 0.717) is 37.2 Å². The van der Waals surface area contributed by atoms with Crippen molar-refractivity contribution in [2.75, 3.05) is 19.0 Å². The molecule has 3 N–H and O–H groups in total. The van der Waals surface area contributed by atoms with Crippen LogP contribution in [0, 0.1) is 17.8 Å². The number of rotatable bonds is 10. The highest BCUT2D eigenvalue weighted by Crippen LogP contribution is 2.64. The van der Waals surface area contributed by atoms with Gasteiger partial charge in [0, 0.05) is 12.2 Å². The number of ether oxygens (including phenoxy) is 2. The third kappa shape index (κ3) is 4.45. The van der Waals surface area contributed by atoms with Crippen LogP contribution in [-0.4, -0.2) is 64.7 Å². The average Bonchev–Trinajstić information content (AvgIpc) is 3.57. The Labute approximate surface area is 235 Å². The van der Waals surface area contributed by atoms with E-state index >= 15 is 0 Å². The van der Waals surface area contributed by atoms with Crippen LogP contribution in [0.3, 0.4) is 0 Å². The Bertz CT molecular complexity index is 1250. The predicted molar refractivity (Wildman–Crippen MR) is 149 cm³/mol. The molecule has 9 nitrogen and oxygen atoms in total. The smallest absolute Gasteiger partial charge is 0.250 e. The molecule has 0 saturated carbocycles. The van der Waals surface area contributed by atoms with Crippen molar-refractivity contribution in [1.82, 2.24) is 10.2 Å². The lowest BCUT2D eigenvalue weighted by Gasteiger charge is -2.38. The Balaban J connectivity index is 1.51. The van der Waals surface area contributed by atoms with Gasteiger partial charge in [0.15, 0.2) is 0 Å². The molecule has 3 heterocycles. The zero-order chi connectivity index (χ0) is 28.7. The van der Waals surface area contributed by atoms with Gasteiger partial charge in [-0.05, 0) is 55.0 Å². The van der Waals surface area contributed by atoms with Gasteiger partial charge in [-0.15, -0.1) is 0 Å². The number of methoxy groups -OCH3 is 1. The summed E-state index contributed by atoms with van der Waals surface area (Å²) in [6.07, 6.45) is 1.60. The summed E-state index contributed by atoms with van der Waals surface area (Å²) in [5.74, 6) is -1.97. The summed E-state index contributed by atoms with van der Waals surface area (Å²) in [6.45, 7) is 5.82. The number of aliphatic hydroxyl groups excluding tert-OH is 1. The lowest BCUT2D eigenvalue weighted by molar-refractivity contribution is -0.150. The molecule has 3 saturated heterocycles. The van der Waals surface area contributed by atoms with Crippen LogP contribution >= 0.6 is 0 Å². The number of aliphatic hydroxyl groups is 1. The first-order chi connectivity index (χ1) is 19.2. The molecule has 3 aliphatic rings. The number of amides is 3. The number of nitrogens with zero attached hydrogens (tertiary/aromatic N) is 1. The zero-order valence-corrected chi connectivity index (χ0v) is 23.6. The fraction of sp³-hybridized carbons (Fsp3) is 0.516. The van der Waals surface area contributed by atoms with Crippen LogP contribution in [0.25, 0.3) is 0 Å². The maximum Gasteiger partial charge on any atom is 0.250 e. The van der Waals surface area contributed by atoms with Gasteiger partial charge in [-0.25, -0.2) is 0 Å². The normalized spacial score (nSPS) is 29.4. The molecule has 3 aliphatic heterocycles. The van der Waals surface area contributed by atoms with E-state index in [-0.39, 0.29) is 24.3 Å². The molecule has 214 valence electrons. The van der Waals surface area contributed by atoms with Crippen molar-refractivity contribution < 1.29 is 29.0 Å². The highest BCUT2D eigenvalue weighted by Gasteiger charge is 2.79. The summed E-state index contributed by atoms with van der Waals surface area (Å²) < 4.78 is 12.0. The first-order valence-electron chi connectivity index (χ1n) is 14.1. The number of carbonyl (C=O) groups is 3. The third-order valence-corrected chi connectivity index (χ3v) is 9.13. The summed E-state index contributed by atoms with van der Waals surface area (Å²) in [7, 11) is 1.57. The molecule has 3 fully saturated rings. The Kier molecular flexibility index (Phi) is 7.63. The van der Waals surface area contributed by atoms with Crippen molar-refractivity contribution in [2.24, 2.45) is 17.8 Å². The van der Waals surface area contributed by atoms with E-state index in [1.807, 2.05) is 51.1 Å². The number of fused-ring (bicyclic) bond motifs is 1. The minimum absolute atomic E-state index is 0.122. The molecule has 5 rings (SSSR count). The maximum atomic E-state index is 14.3. The molecule has 2 aromatic rings. The SMILES string of the molecule is CC[C@@]12CCC3(O1)C(C(=O)Nc1ccc(OC)cc1)N([C@@H](CO)C(C)C)C(=O)[C@@H]3[C@@H]2C(=O)NCc1ccccc1. The molecule has 2 unspecified atom stereocenters. The molecule has 3 amide bonds. The summed E-state index contributed by atoms with van der Waals surface area (Å²) in [5.41, 5.74) is -0.492. The minimum Gasteiger partial charge on any atom is -0.497 e. The van der Waals surface area contributed by atoms with Gasteiger partial charge in [-0.3, -0.25) is 14.4 Å². The standard InChI is InChI=1S/C31H39N3O6/c1-5-30-15-16-31(40-30)25(24(30)27(36)32-17-20-9-7-6-8-10-20)29(38)34(23(18-35)19(2)3)26(31)28(37)33-21-11-13-22(39-4)14-12-21/h6-14,19,23-26,35H,5,15-18H2,1-4H3,(H,32,36)(H,33,37)/t23-,24+,25-,26?,30-,31?/m0/s1. The maximum absolute atomic E-state index is 14.3. The van der Waals surface area contributed by atoms with E-state index in [1.54, 1.807) is 31.4 Å². The van der Waals surface area contributed by atoms with Crippen LogP contribution in [0.15, 0.2) is 54.6 Å². The first-order valence-corrected chi connectivity index (χ1v) is 14.1. The van der Waals surface area contributed by atoms with Crippen LogP contribution in [0.2, 0.25) is 0 Å². The highest BCUT2D eigenvalue weighted by molar-refractivity contribution is 6.04. The molecule has 0 aliphatic carbocycles. The number of anilines is 1. The second-order valence-corrected chi connectivity index (χ2v) is 11.5. The number of hydrogen-bond donors (Lipinski definition) is 3. The van der Waals surface area contributed by atoms with E-state index in [1.165, 1.54) is 4.90 Å². The van der Waals surface area contributed by atoms with Gasteiger partial charge in [0.1, 0.15) is 17.4 Å². The Hall–Kier alpha value is -3.43. The quantitative estimate of drug-likeness (QED) is 0.419. The summed E-state index contributed by atoms with van der Waals surface area (Å²) in [5, 5.41) is 16.4. The van der Waals surface area contributed by atoms with Gasteiger partial charge < -0.3 is 30.1 Å². The number of nitrogens with one attached hydrogen (secondary N) is 2. The van der Waals surface area contributed by atoms with Gasteiger partial charge in [0.05, 0.1) is 37.2 Å². The van der Waals surface area contributed by atoms with Crippen LogP contribution in [0.4, 0.5) is 5.69 Å². The Morgan fingerprint density at radius 1 is 1.10 bits per heavy atom. The van der Waals surface area contributed by atoms with Crippen LogP contribution in [0.1, 0.15) is 45.6 Å². The van der Waals surface area contributed by atoms with Gasteiger partial charge in [0.25, 0.3) is 0 Å². The number of carbonyl (C=O) groups excluding carboxylic acids is 3. The largest absolute Gasteiger partial charge is 0.497 e. The molecular weight excluding hydrogens is 510 g/mol. The lowest BCUT2D eigenvalue weighted by atomic mass is 9.65. The summed E-state index contributed by atoms with van der Waals surface area (Å²) in [4.78, 5) is 43.8. The molecule has 2 aromatic carbocycles. The van der Waals surface area contributed by atoms with Crippen LogP contribution in [0.5, 0.6) is 5.75 Å². The molecular formula is C31H39N3O6. The van der Waals surface area contributed by atoms with Crippen molar-refractivity contribution in [1.29, 1.82) is 0 Å². The molecule has 40 heavy (non-hydrogen) atoms. The van der Waals surface area contributed by atoms with Crippen molar-refractivity contribution in [3.8, 4) is 5.75 Å². The van der Waals surface area contributed by atoms with Gasteiger partial charge >= 0.3 is 0 Å². The molecule has 0 aromatic heterocycles. The zero-order valence-electron chi connectivity index (χ0n) is 23.6. The Morgan fingerprint density at radius 2 is 1.80 bits per heavy atom. The van der Waals surface area contributed by atoms with E-state index in [2.05, 4.69) is 10.6 Å². The summed E-state index contributed by atoms with van der Waals surface area (Å²) in [6, 6.07) is 15.0. The van der Waals surface area contributed by atoms with Gasteiger partial charge in [0.2, 0.25) is 17.7 Å². The number of hydrogen-bond acceptors (Lipinski definition) is 6. The molecule has 6 atom stereocenters. The number of benzene rings is 2. The monoisotopic (exact) mass is 549 g/mol. The topological polar surface area (TPSA) is 117 Å². The lowest BCUT2D eigenvalue weighted by Crippen LogP contribution is -2.57. The molecule has 2 bridgehead atoms. The highest BCUT2D eigenvalue weighted by atomic mass is 16.5. The minimum atomic E-state index is -1.17. The molecule has 0 radical (unpaired) electrons. The van der Waals surface area contributed by atoms with Crippen molar-refractivity contribution in [2.45, 2.75) is 69.9 Å². The van der Waals surface area contributed by atoms with E-state index in [0.717, 1.165) is 5.56 Å². The molecule has 1 spiro atoms. The van der Waals surface area contributed by atoms with Crippen LogP contribution in [-0.2, 0) is 25.7 Å². The summed E-state index contributed by atoms with van der Waals surface area (Å²) >= 11 is 0. The second kappa shape index (κ2) is 10.9. The third-order valence-electron chi connectivity index (χ3n) is 9.13. The fourth-order valence-electron chi connectivity index (χ4n) is 7.11. The predicted octanol–water partition coefficient (Wildman–Crippen LogP) is 3.12. The Morgan fingerprint density at radius 3 is 2.40 bits per heavy atom. The first kappa shape index (κ1) is 28.1. The molecule has 9 heteroatoms. The fourth-order valence-corrected chi connectivity index (χ4v) is 7.11. The average molecular weight is 550 g/mol. The van der Waals surface area contributed by atoms with Crippen molar-refractivity contribution in [3.63, 3.8) is 0 Å². The van der Waals surface area contributed by atoms with Gasteiger partial charge in [-0.2, -0.15) is 0 Å². The van der Waals surface area contributed by atoms with Crippen molar-refractivity contribution >= 4 is 23.4 Å². The van der Waals surface area contributed by atoms with E-state index < -0.39 is 41.0 Å². The number of likely N-dealkylation sites (tertiary alicyclic amines) is 1. The van der Waals surface area contributed by atoms with Gasteiger partial charge in [-0.1, -0.05) is 51.1 Å². The second-order valence-electron chi connectivity index (χ2n) is 11.5. The van der Waals surface area contributed by atoms with E-state index in [4.69, 9.17) is 9.47 Å². The van der Waals surface area contributed by atoms with Crippen LogP contribution < -0.4 is 15.4 Å². The van der Waals surface area contributed by atoms with Crippen molar-refractivity contribution in [3.05, 3.63) is 60.2 Å². The van der Waals surface area contributed by atoms with E-state index in [9.17, 15) is 19.5 Å².